The van der Waals surface area contributed by atoms with Gasteiger partial charge >= 0.3 is 0 Å². The molecule has 2 rings (SSSR count). The Hall–Kier alpha value is -1.22. The Kier molecular flexibility index (Phi) is 5.51. The van der Waals surface area contributed by atoms with Gasteiger partial charge in [0, 0.05) is 6.42 Å². The third kappa shape index (κ3) is 4.37. The average Bonchev–Trinajstić information content (AvgIpc) is 2.45. The van der Waals surface area contributed by atoms with Gasteiger partial charge in [0.1, 0.15) is 0 Å². The van der Waals surface area contributed by atoms with Gasteiger partial charge in [0.25, 0.3) is 0 Å². The maximum absolute atomic E-state index is 12.1. The number of hydrogen-bond donors (Lipinski definition) is 1. The van der Waals surface area contributed by atoms with E-state index >= 15 is 0 Å². The van der Waals surface area contributed by atoms with Gasteiger partial charge in [-0.25, -0.2) is 0 Å². The van der Waals surface area contributed by atoms with Crippen LogP contribution in [0.25, 0.3) is 0 Å². The molecule has 2 aromatic carbocycles. The predicted molar refractivity (Wildman–Crippen MR) is 89.6 cm³/mol. The molecule has 1 amide bonds. The quantitative estimate of drug-likeness (QED) is 0.701. The van der Waals surface area contributed by atoms with Crippen LogP contribution >= 0.6 is 34.8 Å². The van der Waals surface area contributed by atoms with E-state index in [-0.39, 0.29) is 11.8 Å². The normalized spacial score (nSPS) is 12.0. The van der Waals surface area contributed by atoms with Crippen molar-refractivity contribution in [1.82, 2.24) is 0 Å². The van der Waals surface area contributed by atoms with Gasteiger partial charge in [0.2, 0.25) is 5.91 Å². The van der Waals surface area contributed by atoms with E-state index < -0.39 is 0 Å². The van der Waals surface area contributed by atoms with Crippen molar-refractivity contribution < 1.29 is 4.79 Å². The predicted octanol–water partition coefficient (Wildman–Crippen LogP) is 5.78. The van der Waals surface area contributed by atoms with Crippen LogP contribution in [0.2, 0.25) is 15.1 Å². The van der Waals surface area contributed by atoms with Gasteiger partial charge in [-0.05, 0) is 23.6 Å². The van der Waals surface area contributed by atoms with Crippen molar-refractivity contribution >= 4 is 46.4 Å². The second kappa shape index (κ2) is 7.17. The number of halogens is 3. The molecule has 21 heavy (non-hydrogen) atoms. The summed E-state index contributed by atoms with van der Waals surface area (Å²) in [6.45, 7) is 2.01. The number of carbonyl (C=O) groups is 1. The van der Waals surface area contributed by atoms with Gasteiger partial charge in [-0.2, -0.15) is 0 Å². The molecule has 0 aliphatic rings. The van der Waals surface area contributed by atoms with Crippen molar-refractivity contribution in [3.8, 4) is 0 Å². The molecule has 0 aliphatic carbocycles. The van der Waals surface area contributed by atoms with Gasteiger partial charge < -0.3 is 5.32 Å². The summed E-state index contributed by atoms with van der Waals surface area (Å²) in [6, 6.07) is 12.9. The Morgan fingerprint density at radius 1 is 1.05 bits per heavy atom. The monoisotopic (exact) mass is 341 g/mol. The molecule has 1 atom stereocenters. The first-order valence-electron chi connectivity index (χ1n) is 6.46. The van der Waals surface area contributed by atoms with Crippen molar-refractivity contribution in [3.63, 3.8) is 0 Å². The molecule has 5 heteroatoms. The highest BCUT2D eigenvalue weighted by molar-refractivity contribution is 6.44. The van der Waals surface area contributed by atoms with Crippen molar-refractivity contribution in [1.29, 1.82) is 0 Å². The molecule has 2 nitrogen and oxygen atoms in total. The van der Waals surface area contributed by atoms with Crippen molar-refractivity contribution in [2.45, 2.75) is 19.3 Å². The van der Waals surface area contributed by atoms with E-state index in [2.05, 4.69) is 5.32 Å². The lowest BCUT2D eigenvalue weighted by atomic mass is 9.97. The molecule has 0 radical (unpaired) electrons. The molecule has 0 heterocycles. The molecule has 1 unspecified atom stereocenters. The van der Waals surface area contributed by atoms with Crippen LogP contribution in [0, 0.1) is 0 Å². The Labute approximate surface area is 139 Å². The minimum absolute atomic E-state index is 0.118. The van der Waals surface area contributed by atoms with Crippen LogP contribution in [0.3, 0.4) is 0 Å². The molecule has 0 bridgehead atoms. The van der Waals surface area contributed by atoms with E-state index in [1.807, 2.05) is 37.3 Å². The zero-order valence-corrected chi connectivity index (χ0v) is 13.6. The Balaban J connectivity index is 2.04. The molecular formula is C16H14Cl3NO. The van der Waals surface area contributed by atoms with Gasteiger partial charge in [-0.15, -0.1) is 0 Å². The summed E-state index contributed by atoms with van der Waals surface area (Å²) in [5.41, 5.74) is 1.59. The fraction of sp³-hybridized carbons (Fsp3) is 0.188. The summed E-state index contributed by atoms with van der Waals surface area (Å²) in [5.74, 6) is -0.000565. The van der Waals surface area contributed by atoms with Gasteiger partial charge in [0.05, 0.1) is 20.8 Å². The summed E-state index contributed by atoms with van der Waals surface area (Å²) >= 11 is 17.8. The lowest BCUT2D eigenvalue weighted by Gasteiger charge is -2.13. The molecule has 0 spiro atoms. The lowest BCUT2D eigenvalue weighted by Crippen LogP contribution is -2.14. The number of benzene rings is 2. The summed E-state index contributed by atoms with van der Waals surface area (Å²) in [5, 5.41) is 3.84. The zero-order chi connectivity index (χ0) is 15.4. The third-order valence-electron chi connectivity index (χ3n) is 3.14. The minimum atomic E-state index is -0.119. The van der Waals surface area contributed by atoms with Crippen LogP contribution in [-0.4, -0.2) is 5.91 Å². The molecule has 0 aromatic heterocycles. The summed E-state index contributed by atoms with van der Waals surface area (Å²) < 4.78 is 0. The van der Waals surface area contributed by atoms with Gasteiger partial charge in [-0.1, -0.05) is 72.1 Å². The summed E-state index contributed by atoms with van der Waals surface area (Å²) in [6.07, 6.45) is 0.362. The SMILES string of the molecule is CC(CC(=O)Nc1cc(Cl)c(Cl)cc1Cl)c1ccccc1. The highest BCUT2D eigenvalue weighted by Crippen LogP contribution is 2.32. The molecule has 110 valence electrons. The number of amides is 1. The van der Waals surface area contributed by atoms with Crippen LogP contribution in [0.15, 0.2) is 42.5 Å². The lowest BCUT2D eigenvalue weighted by molar-refractivity contribution is -0.116. The Bertz CT molecular complexity index is 643. The van der Waals surface area contributed by atoms with Crippen molar-refractivity contribution in [2.24, 2.45) is 0 Å². The molecule has 0 aliphatic heterocycles. The summed E-state index contributed by atoms with van der Waals surface area (Å²) in [4.78, 5) is 12.1. The first-order valence-corrected chi connectivity index (χ1v) is 7.60. The maximum atomic E-state index is 12.1. The second-order valence-corrected chi connectivity index (χ2v) is 6.03. The molecule has 0 fully saturated rings. The molecule has 0 saturated carbocycles. The third-order valence-corrected chi connectivity index (χ3v) is 4.18. The van der Waals surface area contributed by atoms with Crippen LogP contribution < -0.4 is 5.32 Å². The van der Waals surface area contributed by atoms with Crippen LogP contribution in [0.5, 0.6) is 0 Å². The first-order chi connectivity index (χ1) is 9.97. The molecule has 2 aromatic rings. The minimum Gasteiger partial charge on any atom is -0.325 e. The average molecular weight is 343 g/mol. The van der Waals surface area contributed by atoms with Crippen molar-refractivity contribution in [3.05, 3.63) is 63.1 Å². The standard InChI is InChI=1S/C16H14Cl3NO/c1-10(11-5-3-2-4-6-11)7-16(21)20-15-9-13(18)12(17)8-14(15)19/h2-6,8-10H,7H2,1H3,(H,20,21). The highest BCUT2D eigenvalue weighted by Gasteiger charge is 2.13. The number of hydrogen-bond acceptors (Lipinski definition) is 1. The van der Waals surface area contributed by atoms with Crippen molar-refractivity contribution in [2.75, 3.05) is 5.32 Å². The Morgan fingerprint density at radius 3 is 2.33 bits per heavy atom. The number of anilines is 1. The van der Waals surface area contributed by atoms with E-state index in [0.717, 1.165) is 5.56 Å². The fourth-order valence-electron chi connectivity index (χ4n) is 2.00. The number of rotatable bonds is 4. The molecular weight excluding hydrogens is 329 g/mol. The number of nitrogens with one attached hydrogen (secondary N) is 1. The number of carbonyl (C=O) groups excluding carboxylic acids is 1. The van der Waals surface area contributed by atoms with Crippen LogP contribution in [-0.2, 0) is 4.79 Å². The van der Waals surface area contributed by atoms with E-state index in [4.69, 9.17) is 34.8 Å². The zero-order valence-electron chi connectivity index (χ0n) is 11.4. The van der Waals surface area contributed by atoms with Crippen LogP contribution in [0.4, 0.5) is 5.69 Å². The van der Waals surface area contributed by atoms with E-state index in [1.165, 1.54) is 6.07 Å². The van der Waals surface area contributed by atoms with E-state index in [1.54, 1.807) is 6.07 Å². The van der Waals surface area contributed by atoms with E-state index in [0.29, 0.717) is 27.2 Å². The molecule has 1 N–H and O–H groups in total. The van der Waals surface area contributed by atoms with Gasteiger partial charge in [0.15, 0.2) is 0 Å². The largest absolute Gasteiger partial charge is 0.325 e. The topological polar surface area (TPSA) is 29.1 Å². The first kappa shape index (κ1) is 16.2. The van der Waals surface area contributed by atoms with E-state index in [9.17, 15) is 4.79 Å². The Morgan fingerprint density at radius 2 is 1.67 bits per heavy atom. The van der Waals surface area contributed by atoms with Gasteiger partial charge in [-0.3, -0.25) is 4.79 Å². The maximum Gasteiger partial charge on any atom is 0.225 e. The fourth-order valence-corrected chi connectivity index (χ4v) is 2.59. The summed E-state index contributed by atoms with van der Waals surface area (Å²) in [7, 11) is 0. The van der Waals surface area contributed by atoms with Crippen LogP contribution in [0.1, 0.15) is 24.8 Å². The smallest absolute Gasteiger partial charge is 0.225 e. The molecule has 0 saturated heterocycles. The second-order valence-electron chi connectivity index (χ2n) is 4.81. The highest BCUT2D eigenvalue weighted by atomic mass is 35.5.